The molecule has 11 aromatic carbocycles. The molecule has 0 aromatic heterocycles. The van der Waals surface area contributed by atoms with Gasteiger partial charge in [-0.15, -0.1) is 0 Å². The minimum Gasteiger partial charge on any atom is -0.311 e. The van der Waals surface area contributed by atoms with Crippen LogP contribution in [-0.4, -0.2) is 0 Å². The molecule has 0 aliphatic rings. The average Bonchev–Trinajstić information content (AvgIpc) is 3.41. The summed E-state index contributed by atoms with van der Waals surface area (Å²) in [6, 6.07) is 100. The summed E-state index contributed by atoms with van der Waals surface area (Å²) in [7, 11) is 0. The summed E-state index contributed by atoms with van der Waals surface area (Å²) >= 11 is 0. The molecule has 0 radical (unpaired) electrons. The smallest absolute Gasteiger partial charge is 0.0540 e. The van der Waals surface area contributed by atoms with Crippen molar-refractivity contribution in [3.8, 4) is 55.6 Å². The molecule has 0 aliphatic carbocycles. The van der Waals surface area contributed by atoms with Gasteiger partial charge in [-0.1, -0.05) is 206 Å². The van der Waals surface area contributed by atoms with Crippen molar-refractivity contribution in [2.24, 2.45) is 0 Å². The quantitative estimate of drug-likeness (QED) is 0.128. The van der Waals surface area contributed by atoms with Gasteiger partial charge in [0, 0.05) is 33.8 Å². The standard InChI is InChI=1S/C64H46N2/c1-5-16-47(17-6-1)49-28-36-57(37-29-49)65(59-40-34-52(35-41-59)55-23-15-22-54(46-55)48-18-7-2-8-19-48)58-38-30-50(31-39-58)51-32-42-60(43-33-51)66(56-24-11-4-12-25-56)64-45-44-61(53-20-9-3-10-21-53)62-26-13-14-27-63(62)64/h1-46H. The summed E-state index contributed by atoms with van der Waals surface area (Å²) in [6.45, 7) is 0. The van der Waals surface area contributed by atoms with Gasteiger partial charge in [-0.25, -0.2) is 0 Å². The monoisotopic (exact) mass is 842 g/mol. The first-order valence-electron chi connectivity index (χ1n) is 22.6. The van der Waals surface area contributed by atoms with E-state index in [1.807, 2.05) is 0 Å². The summed E-state index contributed by atoms with van der Waals surface area (Å²) in [4.78, 5) is 4.72. The number of rotatable bonds is 11. The van der Waals surface area contributed by atoms with E-state index in [-0.39, 0.29) is 0 Å². The highest BCUT2D eigenvalue weighted by atomic mass is 15.1. The van der Waals surface area contributed by atoms with Gasteiger partial charge in [-0.2, -0.15) is 0 Å². The number of hydrogen-bond acceptors (Lipinski definition) is 2. The van der Waals surface area contributed by atoms with E-state index < -0.39 is 0 Å². The zero-order valence-corrected chi connectivity index (χ0v) is 36.5. The van der Waals surface area contributed by atoms with E-state index in [9.17, 15) is 0 Å². The van der Waals surface area contributed by atoms with Crippen molar-refractivity contribution >= 4 is 44.9 Å². The molecule has 2 nitrogen and oxygen atoms in total. The highest BCUT2D eigenvalue weighted by Gasteiger charge is 2.18. The fraction of sp³-hybridized carbons (Fsp3) is 0. The molecule has 0 fully saturated rings. The van der Waals surface area contributed by atoms with Crippen molar-refractivity contribution in [3.63, 3.8) is 0 Å². The first-order valence-corrected chi connectivity index (χ1v) is 22.6. The fourth-order valence-corrected chi connectivity index (χ4v) is 9.15. The van der Waals surface area contributed by atoms with Gasteiger partial charge >= 0.3 is 0 Å². The van der Waals surface area contributed by atoms with E-state index >= 15 is 0 Å². The lowest BCUT2D eigenvalue weighted by atomic mass is 9.96. The molecule has 312 valence electrons. The van der Waals surface area contributed by atoms with Crippen LogP contribution >= 0.6 is 0 Å². The Bertz CT molecular complexity index is 3350. The lowest BCUT2D eigenvalue weighted by Gasteiger charge is -2.28. The average molecular weight is 843 g/mol. The Kier molecular flexibility index (Phi) is 11.0. The number of benzene rings is 11. The maximum absolute atomic E-state index is 2.37. The number of fused-ring (bicyclic) bond motifs is 1. The molecule has 11 aromatic rings. The first kappa shape index (κ1) is 40.1. The van der Waals surface area contributed by atoms with Gasteiger partial charge < -0.3 is 9.80 Å². The number of para-hydroxylation sites is 1. The zero-order chi connectivity index (χ0) is 44.1. The van der Waals surface area contributed by atoms with E-state index in [0.29, 0.717) is 0 Å². The number of anilines is 6. The Morgan fingerprint density at radius 3 is 0.970 bits per heavy atom. The van der Waals surface area contributed by atoms with Crippen LogP contribution in [0.1, 0.15) is 0 Å². The zero-order valence-electron chi connectivity index (χ0n) is 36.5. The molecule has 66 heavy (non-hydrogen) atoms. The number of nitrogens with zero attached hydrogens (tertiary/aromatic N) is 2. The second-order valence-electron chi connectivity index (χ2n) is 16.6. The molecule has 0 spiro atoms. The van der Waals surface area contributed by atoms with Gasteiger partial charge in [0.2, 0.25) is 0 Å². The highest BCUT2D eigenvalue weighted by molar-refractivity contribution is 6.06. The van der Waals surface area contributed by atoms with Crippen LogP contribution in [0.3, 0.4) is 0 Å². The van der Waals surface area contributed by atoms with Crippen molar-refractivity contribution in [2.75, 3.05) is 9.80 Å². The second kappa shape index (κ2) is 18.2. The van der Waals surface area contributed by atoms with E-state index in [1.54, 1.807) is 0 Å². The third-order valence-corrected chi connectivity index (χ3v) is 12.5. The van der Waals surface area contributed by atoms with Crippen molar-refractivity contribution in [1.29, 1.82) is 0 Å². The minimum absolute atomic E-state index is 1.09. The molecule has 11 rings (SSSR count). The van der Waals surface area contributed by atoms with Crippen LogP contribution in [0.4, 0.5) is 34.1 Å². The van der Waals surface area contributed by atoms with Crippen LogP contribution in [0.2, 0.25) is 0 Å². The predicted molar refractivity (Wildman–Crippen MR) is 280 cm³/mol. The van der Waals surface area contributed by atoms with Crippen LogP contribution in [-0.2, 0) is 0 Å². The first-order chi connectivity index (χ1) is 32.7. The van der Waals surface area contributed by atoms with Gasteiger partial charge in [-0.05, 0) is 134 Å². The van der Waals surface area contributed by atoms with Gasteiger partial charge in [0.25, 0.3) is 0 Å². The molecular formula is C64H46N2. The minimum atomic E-state index is 1.09. The summed E-state index contributed by atoms with van der Waals surface area (Å²) in [5.74, 6) is 0. The van der Waals surface area contributed by atoms with Crippen LogP contribution in [0, 0.1) is 0 Å². The summed E-state index contributed by atoms with van der Waals surface area (Å²) in [5.41, 5.74) is 18.6. The Labute approximate surface area is 387 Å². The molecular weight excluding hydrogens is 797 g/mol. The second-order valence-corrected chi connectivity index (χ2v) is 16.6. The number of hydrogen-bond donors (Lipinski definition) is 0. The largest absolute Gasteiger partial charge is 0.311 e. The van der Waals surface area contributed by atoms with E-state index in [2.05, 4.69) is 289 Å². The van der Waals surface area contributed by atoms with Crippen LogP contribution in [0.25, 0.3) is 66.4 Å². The molecule has 0 bridgehead atoms. The van der Waals surface area contributed by atoms with Crippen molar-refractivity contribution < 1.29 is 0 Å². The summed E-state index contributed by atoms with van der Waals surface area (Å²) in [6.07, 6.45) is 0. The Hall–Kier alpha value is -8.72. The van der Waals surface area contributed by atoms with Crippen LogP contribution in [0.5, 0.6) is 0 Å². The van der Waals surface area contributed by atoms with Gasteiger partial charge in [0.1, 0.15) is 0 Å². The molecule has 0 N–H and O–H groups in total. The molecule has 0 saturated heterocycles. The van der Waals surface area contributed by atoms with Gasteiger partial charge in [0.15, 0.2) is 0 Å². The Balaban J connectivity index is 0.920. The third kappa shape index (κ3) is 8.16. The van der Waals surface area contributed by atoms with Crippen molar-refractivity contribution in [1.82, 2.24) is 0 Å². The highest BCUT2D eigenvalue weighted by Crippen LogP contribution is 2.43. The lowest BCUT2D eigenvalue weighted by Crippen LogP contribution is -2.10. The van der Waals surface area contributed by atoms with Gasteiger partial charge in [-0.3, -0.25) is 0 Å². The summed E-state index contributed by atoms with van der Waals surface area (Å²) < 4.78 is 0. The third-order valence-electron chi connectivity index (χ3n) is 12.5. The predicted octanol–water partition coefficient (Wildman–Crippen LogP) is 18.1. The maximum atomic E-state index is 2.37. The van der Waals surface area contributed by atoms with E-state index in [4.69, 9.17) is 0 Å². The SMILES string of the molecule is c1ccc(-c2ccc(N(c3ccc(-c4ccc(N(c5ccccc5)c5ccc(-c6ccccc6)c6ccccc56)cc4)cc3)c3ccc(-c4cccc(-c5ccccc5)c4)cc3)cc2)cc1. The Morgan fingerprint density at radius 2 is 0.500 bits per heavy atom. The maximum Gasteiger partial charge on any atom is 0.0540 e. The normalized spacial score (nSPS) is 11.0. The molecule has 0 atom stereocenters. The van der Waals surface area contributed by atoms with Gasteiger partial charge in [0.05, 0.1) is 5.69 Å². The van der Waals surface area contributed by atoms with E-state index in [0.717, 1.165) is 45.3 Å². The lowest BCUT2D eigenvalue weighted by molar-refractivity contribution is 1.28. The molecule has 0 heterocycles. The van der Waals surface area contributed by atoms with Crippen molar-refractivity contribution in [3.05, 3.63) is 279 Å². The molecule has 2 heteroatoms. The fourth-order valence-electron chi connectivity index (χ4n) is 9.15. The topological polar surface area (TPSA) is 6.48 Å². The molecule has 0 unspecified atom stereocenters. The van der Waals surface area contributed by atoms with Crippen LogP contribution < -0.4 is 9.80 Å². The van der Waals surface area contributed by atoms with Crippen LogP contribution in [0.15, 0.2) is 279 Å². The van der Waals surface area contributed by atoms with E-state index in [1.165, 1.54) is 55.3 Å². The molecule has 0 aliphatic heterocycles. The van der Waals surface area contributed by atoms with Crippen molar-refractivity contribution in [2.45, 2.75) is 0 Å². The molecule has 0 amide bonds. The summed E-state index contributed by atoms with van der Waals surface area (Å²) in [5, 5.41) is 2.43. The molecule has 0 saturated carbocycles. The Morgan fingerprint density at radius 1 is 0.182 bits per heavy atom.